The van der Waals surface area contributed by atoms with E-state index in [1.165, 1.54) is 5.39 Å². The van der Waals surface area contributed by atoms with Gasteiger partial charge in [-0.05, 0) is 41.1 Å². The zero-order valence-electron chi connectivity index (χ0n) is 14.1. The monoisotopic (exact) mass is 369 g/mol. The molecule has 0 N–H and O–H groups in total. The van der Waals surface area contributed by atoms with Crippen molar-refractivity contribution in [3.8, 4) is 11.5 Å². The quantitative estimate of drug-likeness (QED) is 0.307. The number of benzene rings is 4. The lowest BCUT2D eigenvalue weighted by Crippen LogP contribution is -1.78. The minimum absolute atomic E-state index is 0.596. The molecule has 0 saturated carbocycles. The van der Waals surface area contributed by atoms with Crippen molar-refractivity contribution in [3.63, 3.8) is 0 Å². The summed E-state index contributed by atoms with van der Waals surface area (Å²) in [5, 5.41) is 4.85. The van der Waals surface area contributed by atoms with Gasteiger partial charge in [0.25, 0.3) is 0 Å². The predicted molar refractivity (Wildman–Crippen MR) is 109 cm³/mol. The van der Waals surface area contributed by atoms with Gasteiger partial charge < -0.3 is 8.83 Å². The summed E-state index contributed by atoms with van der Waals surface area (Å²) in [6, 6.07) is 24.0. The lowest BCUT2D eigenvalue weighted by Gasteiger charge is -1.99. The highest BCUT2D eigenvalue weighted by Gasteiger charge is 2.15. The van der Waals surface area contributed by atoms with E-state index >= 15 is 0 Å². The van der Waals surface area contributed by atoms with Crippen LogP contribution in [-0.2, 0) is 0 Å². The molecule has 3 nitrogen and oxygen atoms in total. The van der Waals surface area contributed by atoms with Crippen LogP contribution in [0.2, 0.25) is 5.02 Å². The average molecular weight is 370 g/mol. The van der Waals surface area contributed by atoms with Crippen molar-refractivity contribution in [2.45, 2.75) is 0 Å². The highest BCUT2D eigenvalue weighted by Crippen LogP contribution is 2.37. The van der Waals surface area contributed by atoms with Gasteiger partial charge in [-0.25, -0.2) is 4.98 Å². The van der Waals surface area contributed by atoms with E-state index in [4.69, 9.17) is 20.4 Å². The van der Waals surface area contributed by atoms with E-state index in [9.17, 15) is 0 Å². The lowest BCUT2D eigenvalue weighted by molar-refractivity contribution is 0.620. The van der Waals surface area contributed by atoms with Crippen LogP contribution in [-0.4, -0.2) is 4.98 Å². The number of oxazole rings is 1. The molecule has 0 radical (unpaired) electrons. The Balaban J connectivity index is 1.59. The minimum atomic E-state index is 0.596. The Labute approximate surface area is 158 Å². The zero-order chi connectivity index (χ0) is 18.0. The molecular formula is C23H12ClNO2. The van der Waals surface area contributed by atoms with Gasteiger partial charge in [-0.2, -0.15) is 0 Å². The van der Waals surface area contributed by atoms with E-state index in [-0.39, 0.29) is 0 Å². The van der Waals surface area contributed by atoms with Crippen molar-refractivity contribution < 1.29 is 8.83 Å². The van der Waals surface area contributed by atoms with Gasteiger partial charge in [-0.15, -0.1) is 0 Å². The number of furan rings is 1. The summed E-state index contributed by atoms with van der Waals surface area (Å²) in [6.07, 6.45) is 0. The van der Waals surface area contributed by atoms with Crippen LogP contribution in [0.4, 0.5) is 0 Å². The Kier molecular flexibility index (Phi) is 2.94. The molecule has 0 fully saturated rings. The summed E-state index contributed by atoms with van der Waals surface area (Å²) in [6.45, 7) is 0. The molecule has 0 aliphatic carbocycles. The summed E-state index contributed by atoms with van der Waals surface area (Å²) in [4.78, 5) is 4.67. The molecule has 2 aromatic heterocycles. The van der Waals surface area contributed by atoms with Crippen LogP contribution in [0.1, 0.15) is 0 Å². The highest BCUT2D eigenvalue weighted by molar-refractivity contribution is 6.37. The van der Waals surface area contributed by atoms with Gasteiger partial charge >= 0.3 is 0 Å². The molecule has 0 atom stereocenters. The van der Waals surface area contributed by atoms with Crippen LogP contribution in [0.3, 0.4) is 0 Å². The molecule has 27 heavy (non-hydrogen) atoms. The molecule has 4 aromatic carbocycles. The highest BCUT2D eigenvalue weighted by atomic mass is 35.5. The summed E-state index contributed by atoms with van der Waals surface area (Å²) in [7, 11) is 0. The summed E-state index contributed by atoms with van der Waals surface area (Å²) < 4.78 is 12.0. The third-order valence-corrected chi connectivity index (χ3v) is 5.27. The Bertz CT molecular complexity index is 1490. The van der Waals surface area contributed by atoms with Gasteiger partial charge in [0.05, 0.1) is 5.02 Å². The second-order valence-corrected chi connectivity index (χ2v) is 7.02. The van der Waals surface area contributed by atoms with Crippen molar-refractivity contribution in [1.82, 2.24) is 4.98 Å². The first-order valence-corrected chi connectivity index (χ1v) is 9.04. The predicted octanol–water partition coefficient (Wildman–Crippen LogP) is 7.20. The maximum atomic E-state index is 6.38. The van der Waals surface area contributed by atoms with Crippen LogP contribution in [0, 0.1) is 0 Å². The van der Waals surface area contributed by atoms with Gasteiger partial charge in [0.15, 0.2) is 5.58 Å². The van der Waals surface area contributed by atoms with E-state index in [1.54, 1.807) is 0 Å². The molecule has 0 unspecified atom stereocenters. The summed E-state index contributed by atoms with van der Waals surface area (Å²) in [5.74, 6) is 0.596. The zero-order valence-corrected chi connectivity index (χ0v) is 14.8. The first-order chi connectivity index (χ1) is 13.3. The molecule has 0 aliphatic rings. The van der Waals surface area contributed by atoms with Crippen molar-refractivity contribution in [3.05, 3.63) is 77.8 Å². The maximum absolute atomic E-state index is 6.38. The number of rotatable bonds is 1. The summed E-state index contributed by atoms with van der Waals surface area (Å²) in [5.41, 5.74) is 3.95. The molecule has 4 heteroatoms. The maximum Gasteiger partial charge on any atom is 0.227 e. The van der Waals surface area contributed by atoms with Crippen LogP contribution in [0.25, 0.3) is 55.3 Å². The van der Waals surface area contributed by atoms with Crippen LogP contribution in [0.5, 0.6) is 0 Å². The number of halogens is 1. The van der Waals surface area contributed by atoms with E-state index in [0.717, 1.165) is 38.4 Å². The number of fused-ring (bicyclic) bond motifs is 5. The fourth-order valence-corrected chi connectivity index (χ4v) is 3.92. The molecule has 0 saturated heterocycles. The van der Waals surface area contributed by atoms with Crippen molar-refractivity contribution in [2.75, 3.05) is 0 Å². The smallest absolute Gasteiger partial charge is 0.227 e. The van der Waals surface area contributed by atoms with Gasteiger partial charge in [0, 0.05) is 22.4 Å². The largest absolute Gasteiger partial charge is 0.456 e. The van der Waals surface area contributed by atoms with Crippen molar-refractivity contribution in [2.24, 2.45) is 0 Å². The molecule has 6 rings (SSSR count). The number of aromatic nitrogens is 1. The van der Waals surface area contributed by atoms with Crippen LogP contribution < -0.4 is 0 Å². The van der Waals surface area contributed by atoms with E-state index in [1.807, 2.05) is 48.5 Å². The minimum Gasteiger partial charge on any atom is -0.456 e. The molecule has 6 aromatic rings. The lowest BCUT2D eigenvalue weighted by atomic mass is 10.1. The van der Waals surface area contributed by atoms with Crippen LogP contribution >= 0.6 is 11.6 Å². The second-order valence-electron chi connectivity index (χ2n) is 6.61. The standard InChI is InChI=1S/C23H12ClNO2/c24-17-6-3-7-19-22(17)16-11-21-18(12-20(16)26-19)25-23(27-21)15-9-8-13-4-1-2-5-14(13)10-15/h1-12H. The third kappa shape index (κ3) is 2.19. The van der Waals surface area contributed by atoms with Gasteiger partial charge in [-0.3, -0.25) is 0 Å². The Morgan fingerprint density at radius 1 is 0.704 bits per heavy atom. The first-order valence-electron chi connectivity index (χ1n) is 8.67. The molecule has 0 bridgehead atoms. The van der Waals surface area contributed by atoms with E-state index < -0.39 is 0 Å². The molecule has 0 spiro atoms. The van der Waals surface area contributed by atoms with E-state index in [0.29, 0.717) is 16.5 Å². The average Bonchev–Trinajstić information content (AvgIpc) is 3.26. The fourth-order valence-electron chi connectivity index (χ4n) is 3.65. The molecule has 0 amide bonds. The normalized spacial score (nSPS) is 11.9. The third-order valence-electron chi connectivity index (χ3n) is 4.95. The molecular weight excluding hydrogens is 358 g/mol. The van der Waals surface area contributed by atoms with Crippen molar-refractivity contribution >= 4 is 55.4 Å². The van der Waals surface area contributed by atoms with Crippen molar-refractivity contribution in [1.29, 1.82) is 0 Å². The second kappa shape index (κ2) is 5.35. The summed E-state index contributed by atoms with van der Waals surface area (Å²) >= 11 is 6.38. The first kappa shape index (κ1) is 14.8. The number of hydrogen-bond acceptors (Lipinski definition) is 3. The van der Waals surface area contributed by atoms with E-state index in [2.05, 4.69) is 29.2 Å². The van der Waals surface area contributed by atoms with Gasteiger partial charge in [0.2, 0.25) is 5.89 Å². The Hall–Kier alpha value is -3.30. The van der Waals surface area contributed by atoms with Crippen LogP contribution in [0.15, 0.2) is 81.6 Å². The molecule has 2 heterocycles. The topological polar surface area (TPSA) is 39.2 Å². The Morgan fingerprint density at radius 2 is 1.59 bits per heavy atom. The molecule has 0 aliphatic heterocycles. The van der Waals surface area contributed by atoms with Gasteiger partial charge in [-0.1, -0.05) is 48.0 Å². The molecule has 128 valence electrons. The SMILES string of the molecule is Clc1cccc2oc3cc4nc(-c5ccc6ccccc6c5)oc4cc3c12. The fraction of sp³-hybridized carbons (Fsp3) is 0. The van der Waals surface area contributed by atoms with Gasteiger partial charge in [0.1, 0.15) is 16.7 Å². The number of hydrogen-bond donors (Lipinski definition) is 0. The Morgan fingerprint density at radius 3 is 2.52 bits per heavy atom. The number of nitrogens with zero attached hydrogens (tertiary/aromatic N) is 1.